The largest absolute Gasteiger partial charge is 0.493 e. The smallest absolute Gasteiger partial charge is 0.335 e. The highest BCUT2D eigenvalue weighted by Crippen LogP contribution is 2.38. The molecule has 5 rings (SSSR count). The van der Waals surface area contributed by atoms with E-state index < -0.39 is 17.8 Å². The molecule has 10 heteroatoms. The lowest BCUT2D eigenvalue weighted by Gasteiger charge is -2.26. The van der Waals surface area contributed by atoms with Crippen LogP contribution in [0.25, 0.3) is 6.08 Å². The summed E-state index contributed by atoms with van der Waals surface area (Å²) in [5.41, 5.74) is 3.62. The maximum Gasteiger partial charge on any atom is 0.335 e. The number of aryl methyl sites for hydroxylation is 1. The minimum absolute atomic E-state index is 0.218. The molecule has 0 spiro atoms. The average Bonchev–Trinajstić information content (AvgIpc) is 2.99. The van der Waals surface area contributed by atoms with Crippen LogP contribution < -0.4 is 24.4 Å². The molecule has 43 heavy (non-hydrogen) atoms. The van der Waals surface area contributed by atoms with Crippen molar-refractivity contribution in [2.45, 2.75) is 20.1 Å². The zero-order valence-electron chi connectivity index (χ0n) is 23.2. The Morgan fingerprint density at radius 3 is 2.14 bits per heavy atom. The van der Waals surface area contributed by atoms with Crippen molar-refractivity contribution in [3.8, 4) is 17.2 Å². The van der Waals surface area contributed by atoms with E-state index >= 15 is 0 Å². The van der Waals surface area contributed by atoms with E-state index in [0.29, 0.717) is 45.5 Å². The Morgan fingerprint density at radius 2 is 1.49 bits per heavy atom. The third-order valence-electron chi connectivity index (χ3n) is 6.58. The standard InChI is InChI=1S/C33H26BrClN2O6/c1-20-3-5-21(6-4-20)19-43-30-28(34)16-23(17-29(30)41-2)15-27-31(38)36-33(40)37(32(27)39)25-11-13-26(14-12-25)42-18-22-7-9-24(35)10-8-22/h3-17H,18-19H2,1-2H3,(H,36,38,40)/b27-15+. The van der Waals surface area contributed by atoms with Crippen molar-refractivity contribution < 1.29 is 28.6 Å². The summed E-state index contributed by atoms with van der Waals surface area (Å²) in [5, 5.41) is 2.88. The van der Waals surface area contributed by atoms with Gasteiger partial charge in [0.15, 0.2) is 11.5 Å². The summed E-state index contributed by atoms with van der Waals surface area (Å²) >= 11 is 9.44. The number of rotatable bonds is 9. The van der Waals surface area contributed by atoms with E-state index in [2.05, 4.69) is 21.2 Å². The van der Waals surface area contributed by atoms with Crippen molar-refractivity contribution in [1.29, 1.82) is 0 Å². The van der Waals surface area contributed by atoms with Gasteiger partial charge in [-0.15, -0.1) is 0 Å². The predicted octanol–water partition coefficient (Wildman–Crippen LogP) is 7.24. The Morgan fingerprint density at radius 1 is 0.860 bits per heavy atom. The van der Waals surface area contributed by atoms with Crippen LogP contribution in [0.5, 0.6) is 17.2 Å². The number of nitrogens with zero attached hydrogens (tertiary/aromatic N) is 1. The van der Waals surface area contributed by atoms with Gasteiger partial charge in [-0.1, -0.05) is 53.6 Å². The molecule has 218 valence electrons. The number of urea groups is 1. The Labute approximate surface area is 261 Å². The molecule has 0 aromatic heterocycles. The Kier molecular flexibility index (Phi) is 9.13. The first-order valence-corrected chi connectivity index (χ1v) is 14.3. The van der Waals surface area contributed by atoms with Crippen LogP contribution in [-0.2, 0) is 22.8 Å². The number of halogens is 2. The summed E-state index contributed by atoms with van der Waals surface area (Å²) < 4.78 is 17.9. The topological polar surface area (TPSA) is 94.2 Å². The number of amides is 4. The lowest BCUT2D eigenvalue weighted by Crippen LogP contribution is -2.54. The molecule has 4 aromatic rings. The molecule has 1 N–H and O–H groups in total. The number of carbonyl (C=O) groups excluding carboxylic acids is 3. The molecule has 0 radical (unpaired) electrons. The van der Waals surface area contributed by atoms with Crippen molar-refractivity contribution in [3.63, 3.8) is 0 Å². The molecule has 0 saturated carbocycles. The van der Waals surface area contributed by atoms with E-state index in [1.165, 1.54) is 13.2 Å². The number of benzene rings is 4. The molecule has 1 aliphatic heterocycles. The van der Waals surface area contributed by atoms with Crippen LogP contribution in [0.4, 0.5) is 10.5 Å². The molecule has 1 fully saturated rings. The lowest BCUT2D eigenvalue weighted by molar-refractivity contribution is -0.122. The van der Waals surface area contributed by atoms with Gasteiger partial charge in [0.2, 0.25) is 0 Å². The molecule has 1 heterocycles. The molecule has 0 unspecified atom stereocenters. The van der Waals surface area contributed by atoms with Crippen molar-refractivity contribution in [2.24, 2.45) is 0 Å². The molecule has 1 aliphatic rings. The minimum atomic E-state index is -0.847. The fraction of sp³-hybridized carbons (Fsp3) is 0.121. The second-order valence-electron chi connectivity index (χ2n) is 9.68. The van der Waals surface area contributed by atoms with Gasteiger partial charge in [0.1, 0.15) is 24.5 Å². The maximum absolute atomic E-state index is 13.4. The first-order chi connectivity index (χ1) is 20.7. The molecule has 8 nitrogen and oxygen atoms in total. The normalized spacial score (nSPS) is 14.1. The van der Waals surface area contributed by atoms with Crippen LogP contribution in [0.3, 0.4) is 0 Å². The molecule has 1 saturated heterocycles. The summed E-state index contributed by atoms with van der Waals surface area (Å²) in [7, 11) is 1.50. The summed E-state index contributed by atoms with van der Waals surface area (Å²) in [6.07, 6.45) is 1.40. The van der Waals surface area contributed by atoms with Gasteiger partial charge >= 0.3 is 6.03 Å². The van der Waals surface area contributed by atoms with Crippen molar-refractivity contribution in [3.05, 3.63) is 122 Å². The van der Waals surface area contributed by atoms with Gasteiger partial charge in [0.25, 0.3) is 11.8 Å². The first-order valence-electron chi connectivity index (χ1n) is 13.2. The fourth-order valence-corrected chi connectivity index (χ4v) is 5.00. The number of barbiturate groups is 1. The summed E-state index contributed by atoms with van der Waals surface area (Å²) in [4.78, 5) is 39.8. The van der Waals surface area contributed by atoms with Gasteiger partial charge < -0.3 is 14.2 Å². The van der Waals surface area contributed by atoms with Crippen LogP contribution in [0.2, 0.25) is 5.02 Å². The highest BCUT2D eigenvalue weighted by Gasteiger charge is 2.37. The van der Waals surface area contributed by atoms with Crippen LogP contribution in [0.1, 0.15) is 22.3 Å². The molecule has 0 aliphatic carbocycles. The zero-order chi connectivity index (χ0) is 30.5. The van der Waals surface area contributed by atoms with Gasteiger partial charge in [0, 0.05) is 5.02 Å². The number of imide groups is 2. The SMILES string of the molecule is COc1cc(/C=C2\C(=O)NC(=O)N(c3ccc(OCc4ccc(Cl)cc4)cc3)C2=O)cc(Br)c1OCc1ccc(C)cc1. The second-order valence-corrected chi connectivity index (χ2v) is 11.0. The monoisotopic (exact) mass is 660 g/mol. The first kappa shape index (κ1) is 29.9. The minimum Gasteiger partial charge on any atom is -0.493 e. The molecular formula is C33H26BrClN2O6. The third-order valence-corrected chi connectivity index (χ3v) is 7.42. The zero-order valence-corrected chi connectivity index (χ0v) is 25.6. The fourth-order valence-electron chi connectivity index (χ4n) is 4.30. The average molecular weight is 662 g/mol. The van der Waals surface area contributed by atoms with E-state index in [1.54, 1.807) is 48.5 Å². The second kappa shape index (κ2) is 13.1. The van der Waals surface area contributed by atoms with E-state index in [0.717, 1.165) is 21.6 Å². The van der Waals surface area contributed by atoms with E-state index in [1.807, 2.05) is 43.3 Å². The number of hydrogen-bond donors (Lipinski definition) is 1. The van der Waals surface area contributed by atoms with Gasteiger partial charge in [-0.25, -0.2) is 9.69 Å². The Bertz CT molecular complexity index is 1700. The van der Waals surface area contributed by atoms with E-state index in [4.69, 9.17) is 25.8 Å². The van der Waals surface area contributed by atoms with Crippen LogP contribution >= 0.6 is 27.5 Å². The van der Waals surface area contributed by atoms with Gasteiger partial charge in [-0.05, 0) is 94.2 Å². The van der Waals surface area contributed by atoms with E-state index in [-0.39, 0.29) is 11.3 Å². The van der Waals surface area contributed by atoms with Gasteiger partial charge in [-0.3, -0.25) is 14.9 Å². The highest BCUT2D eigenvalue weighted by atomic mass is 79.9. The van der Waals surface area contributed by atoms with Crippen LogP contribution in [0.15, 0.2) is 95.0 Å². The summed E-state index contributed by atoms with van der Waals surface area (Å²) in [6, 6.07) is 24.2. The van der Waals surface area contributed by atoms with Crippen molar-refractivity contribution in [2.75, 3.05) is 12.0 Å². The molecule has 0 bridgehead atoms. The van der Waals surface area contributed by atoms with Gasteiger partial charge in [0.05, 0.1) is 17.3 Å². The predicted molar refractivity (Wildman–Crippen MR) is 167 cm³/mol. The number of ether oxygens (including phenoxy) is 3. The number of hydrogen-bond acceptors (Lipinski definition) is 6. The maximum atomic E-state index is 13.4. The lowest BCUT2D eigenvalue weighted by atomic mass is 10.1. The summed E-state index contributed by atoms with van der Waals surface area (Å²) in [5.74, 6) is -0.154. The third kappa shape index (κ3) is 7.07. The molecular weight excluding hydrogens is 636 g/mol. The molecule has 4 amide bonds. The Hall–Kier alpha value is -4.60. The Balaban J connectivity index is 1.33. The van der Waals surface area contributed by atoms with E-state index in [9.17, 15) is 14.4 Å². The number of carbonyl (C=O) groups is 3. The number of anilines is 1. The highest BCUT2D eigenvalue weighted by molar-refractivity contribution is 9.10. The van der Waals surface area contributed by atoms with Crippen LogP contribution in [0, 0.1) is 6.92 Å². The number of nitrogens with one attached hydrogen (secondary N) is 1. The van der Waals surface area contributed by atoms with Crippen molar-refractivity contribution >= 4 is 57.1 Å². The quantitative estimate of drug-likeness (QED) is 0.150. The molecule has 0 atom stereocenters. The molecule has 4 aromatic carbocycles. The van der Waals surface area contributed by atoms with Crippen molar-refractivity contribution in [1.82, 2.24) is 5.32 Å². The number of methoxy groups -OCH3 is 1. The van der Waals surface area contributed by atoms with Crippen LogP contribution in [-0.4, -0.2) is 25.0 Å². The summed E-state index contributed by atoms with van der Waals surface area (Å²) in [6.45, 7) is 2.65. The van der Waals surface area contributed by atoms with Gasteiger partial charge in [-0.2, -0.15) is 0 Å².